The fraction of sp³-hybridized carbons (Fsp3) is 0.515. The van der Waals surface area contributed by atoms with Crippen LogP contribution in [0.15, 0.2) is 41.6 Å². The fourth-order valence-electron chi connectivity index (χ4n) is 6.50. The van der Waals surface area contributed by atoms with Crippen LogP contribution in [0.2, 0.25) is 0 Å². The first-order valence-corrected chi connectivity index (χ1v) is 14.4. The normalized spacial score (nSPS) is 19.8. The van der Waals surface area contributed by atoms with Gasteiger partial charge < -0.3 is 4.74 Å². The monoisotopic (exact) mass is 534 g/mol. The van der Waals surface area contributed by atoms with Crippen molar-refractivity contribution in [1.29, 1.82) is 0 Å². The van der Waals surface area contributed by atoms with Gasteiger partial charge in [-0.3, -0.25) is 14.3 Å². The summed E-state index contributed by atoms with van der Waals surface area (Å²) in [6.45, 7) is 6.74. The summed E-state index contributed by atoms with van der Waals surface area (Å²) in [5, 5.41) is 0. The lowest BCUT2D eigenvalue weighted by Gasteiger charge is -2.36. The van der Waals surface area contributed by atoms with E-state index in [2.05, 4.69) is 18.7 Å². The van der Waals surface area contributed by atoms with E-state index < -0.39 is 0 Å². The Bertz CT molecular complexity index is 1280. The summed E-state index contributed by atoms with van der Waals surface area (Å²) in [5.74, 6) is -0.262. The number of esters is 1. The maximum absolute atomic E-state index is 16.0. The van der Waals surface area contributed by atoms with Gasteiger partial charge in [-0.25, -0.2) is 9.18 Å². The van der Waals surface area contributed by atoms with Crippen molar-refractivity contribution in [3.8, 4) is 0 Å². The molecule has 0 bridgehead atoms. The number of benzene rings is 1. The van der Waals surface area contributed by atoms with E-state index in [1.807, 2.05) is 18.2 Å². The third-order valence-corrected chi connectivity index (χ3v) is 8.77. The Kier molecular flexibility index (Phi) is 8.32. The Morgan fingerprint density at radius 2 is 1.95 bits per heavy atom. The van der Waals surface area contributed by atoms with Gasteiger partial charge in [0, 0.05) is 31.4 Å². The number of halogens is 2. The highest BCUT2D eigenvalue weighted by Gasteiger charge is 2.33. The number of rotatable bonds is 7. The molecule has 208 valence electrons. The van der Waals surface area contributed by atoms with Crippen LogP contribution in [0.4, 0.5) is 8.78 Å². The van der Waals surface area contributed by atoms with Crippen LogP contribution >= 0.6 is 0 Å². The van der Waals surface area contributed by atoms with Gasteiger partial charge >= 0.3 is 5.97 Å². The van der Waals surface area contributed by atoms with E-state index in [0.29, 0.717) is 29.0 Å². The lowest BCUT2D eigenvalue weighted by atomic mass is 9.69. The summed E-state index contributed by atoms with van der Waals surface area (Å²) in [4.78, 5) is 19.2. The Labute approximate surface area is 231 Å². The fourth-order valence-corrected chi connectivity index (χ4v) is 6.50. The van der Waals surface area contributed by atoms with Crippen molar-refractivity contribution in [2.45, 2.75) is 65.2 Å². The number of aryl methyl sites for hydroxylation is 1. The van der Waals surface area contributed by atoms with E-state index in [9.17, 15) is 9.18 Å². The number of carbonyl (C=O) groups is 1. The predicted octanol–water partition coefficient (Wildman–Crippen LogP) is 7.42. The summed E-state index contributed by atoms with van der Waals surface area (Å²) in [6.07, 6.45) is 11.6. The van der Waals surface area contributed by atoms with Crippen LogP contribution in [0.1, 0.15) is 91.5 Å². The van der Waals surface area contributed by atoms with E-state index in [4.69, 9.17) is 9.72 Å². The Morgan fingerprint density at radius 1 is 1.18 bits per heavy atom. The Hall–Kier alpha value is -2.86. The second-order valence-corrected chi connectivity index (χ2v) is 12.2. The molecule has 6 heteroatoms. The van der Waals surface area contributed by atoms with Crippen molar-refractivity contribution in [1.82, 2.24) is 9.88 Å². The number of hydrogen-bond donors (Lipinski definition) is 0. The van der Waals surface area contributed by atoms with Crippen LogP contribution in [0.5, 0.6) is 0 Å². The van der Waals surface area contributed by atoms with Crippen LogP contribution in [0.25, 0.3) is 11.6 Å². The zero-order chi connectivity index (χ0) is 27.6. The van der Waals surface area contributed by atoms with E-state index in [1.54, 1.807) is 18.3 Å². The molecule has 3 aliphatic rings. The molecule has 1 aromatic heterocycles. The van der Waals surface area contributed by atoms with Gasteiger partial charge in [-0.15, -0.1) is 0 Å². The zero-order valence-corrected chi connectivity index (χ0v) is 23.5. The highest BCUT2D eigenvalue weighted by molar-refractivity contribution is 5.91. The zero-order valence-electron chi connectivity index (χ0n) is 23.5. The first-order valence-electron chi connectivity index (χ1n) is 14.4. The molecule has 1 aromatic carbocycles. The molecule has 0 spiro atoms. The highest BCUT2D eigenvalue weighted by atomic mass is 19.1. The predicted molar refractivity (Wildman–Crippen MR) is 152 cm³/mol. The smallest absolute Gasteiger partial charge is 0.337 e. The number of hydrogen-bond acceptors (Lipinski definition) is 4. The lowest BCUT2D eigenvalue weighted by Crippen LogP contribution is -2.40. The van der Waals surface area contributed by atoms with Crippen molar-refractivity contribution in [3.63, 3.8) is 0 Å². The molecule has 5 rings (SSSR count). The molecule has 1 saturated heterocycles. The number of nitrogens with zero attached hydrogens (tertiary/aromatic N) is 2. The average molecular weight is 535 g/mol. The molecule has 0 amide bonds. The van der Waals surface area contributed by atoms with E-state index >= 15 is 4.39 Å². The van der Waals surface area contributed by atoms with Crippen molar-refractivity contribution in [3.05, 3.63) is 75.4 Å². The van der Waals surface area contributed by atoms with E-state index in [-0.39, 0.29) is 18.5 Å². The van der Waals surface area contributed by atoms with Crippen LogP contribution in [0.3, 0.4) is 0 Å². The summed E-state index contributed by atoms with van der Waals surface area (Å²) < 4.78 is 33.4. The molecular formula is C33H40F2N2O2. The van der Waals surface area contributed by atoms with Gasteiger partial charge in [0.25, 0.3) is 0 Å². The molecule has 0 N–H and O–H groups in total. The molecule has 2 heterocycles. The number of alkyl halides is 1. The third-order valence-electron chi connectivity index (χ3n) is 8.77. The summed E-state index contributed by atoms with van der Waals surface area (Å²) in [7, 11) is 1.39. The summed E-state index contributed by atoms with van der Waals surface area (Å²) in [6, 6.07) is 7.27. The molecule has 0 atom stereocenters. The van der Waals surface area contributed by atoms with E-state index in [0.717, 1.165) is 86.8 Å². The van der Waals surface area contributed by atoms with Crippen molar-refractivity contribution in [2.24, 2.45) is 11.3 Å². The number of aromatic nitrogens is 1. The largest absolute Gasteiger partial charge is 0.465 e. The van der Waals surface area contributed by atoms with Gasteiger partial charge in [-0.05, 0) is 103 Å². The lowest BCUT2D eigenvalue weighted by molar-refractivity contribution is 0.0600. The molecule has 1 saturated carbocycles. The number of carbonyl (C=O) groups excluding carboxylic acids is 1. The minimum Gasteiger partial charge on any atom is -0.465 e. The third kappa shape index (κ3) is 6.16. The minimum absolute atomic E-state index is 0.296. The average Bonchev–Trinajstić information content (AvgIpc) is 3.08. The van der Waals surface area contributed by atoms with Gasteiger partial charge in [0.05, 0.1) is 19.3 Å². The van der Waals surface area contributed by atoms with Gasteiger partial charge in [0.2, 0.25) is 0 Å². The molecule has 1 aliphatic heterocycles. The highest BCUT2D eigenvalue weighted by Crippen LogP contribution is 2.46. The van der Waals surface area contributed by atoms with Crippen molar-refractivity contribution >= 4 is 17.6 Å². The Balaban J connectivity index is 1.52. The molecule has 2 aliphatic carbocycles. The first-order chi connectivity index (χ1) is 18.8. The second kappa shape index (κ2) is 11.7. The van der Waals surface area contributed by atoms with Crippen LogP contribution < -0.4 is 0 Å². The molecular weight excluding hydrogens is 494 g/mol. The SMILES string of the molecule is COC(=O)c1ccc2c(c1)CCCC(C1CCC(C)(C)CC1)=C2c1ncc(C=C2CN(CCCF)C2)cc1F. The molecule has 0 radical (unpaired) electrons. The number of pyridine rings is 1. The summed E-state index contributed by atoms with van der Waals surface area (Å²) >= 11 is 0. The number of allylic oxidation sites excluding steroid dienone is 1. The maximum atomic E-state index is 16.0. The minimum atomic E-state index is -0.358. The standard InChI is InChI=1S/C33H40F2N2O2/c1-33(2)12-10-24(11-13-33)27-7-4-6-25-18-26(32(38)39-3)8-9-28(25)30(27)31-29(35)17-22(19-36-31)16-23-20-37(21-23)15-5-14-34/h8-9,16-19,24H,4-7,10-15,20-21H2,1-3H3. The first kappa shape index (κ1) is 27.7. The van der Waals surface area contributed by atoms with Gasteiger partial charge in [-0.2, -0.15) is 0 Å². The number of likely N-dealkylation sites (tertiary alicyclic amines) is 1. The van der Waals surface area contributed by atoms with Gasteiger partial charge in [0.15, 0.2) is 0 Å². The van der Waals surface area contributed by atoms with Crippen molar-refractivity contribution in [2.75, 3.05) is 33.4 Å². The molecule has 4 nitrogen and oxygen atoms in total. The topological polar surface area (TPSA) is 42.4 Å². The number of methoxy groups -OCH3 is 1. The van der Waals surface area contributed by atoms with Crippen LogP contribution in [-0.2, 0) is 11.2 Å². The van der Waals surface area contributed by atoms with Crippen LogP contribution in [0, 0.1) is 17.2 Å². The van der Waals surface area contributed by atoms with Crippen LogP contribution in [-0.4, -0.2) is 49.3 Å². The number of fused-ring (bicyclic) bond motifs is 1. The molecule has 2 aromatic rings. The molecule has 0 unspecified atom stereocenters. The number of ether oxygens (including phenoxy) is 1. The Morgan fingerprint density at radius 3 is 2.64 bits per heavy atom. The van der Waals surface area contributed by atoms with Gasteiger partial charge in [0.1, 0.15) is 11.5 Å². The molecule has 2 fully saturated rings. The van der Waals surface area contributed by atoms with Gasteiger partial charge in [-0.1, -0.05) is 31.6 Å². The van der Waals surface area contributed by atoms with E-state index in [1.165, 1.54) is 18.3 Å². The quantitative estimate of drug-likeness (QED) is 0.347. The second-order valence-electron chi connectivity index (χ2n) is 12.2. The molecule has 39 heavy (non-hydrogen) atoms. The van der Waals surface area contributed by atoms with Crippen molar-refractivity contribution < 1.29 is 18.3 Å². The summed E-state index contributed by atoms with van der Waals surface area (Å²) in [5.41, 5.74) is 7.51. The maximum Gasteiger partial charge on any atom is 0.337 e.